The second-order valence-corrected chi connectivity index (χ2v) is 14.1. The highest BCUT2D eigenvalue weighted by molar-refractivity contribution is 6.23. The molecule has 0 N–H and O–H groups in total. The van der Waals surface area contributed by atoms with E-state index in [9.17, 15) is 0 Å². The summed E-state index contributed by atoms with van der Waals surface area (Å²) in [4.78, 5) is 10.1. The fourth-order valence-corrected chi connectivity index (χ4v) is 9.05. The number of hydrogen-bond donors (Lipinski definition) is 0. The van der Waals surface area contributed by atoms with Gasteiger partial charge < -0.3 is 4.57 Å². The molecule has 0 spiro atoms. The second-order valence-electron chi connectivity index (χ2n) is 14.1. The van der Waals surface area contributed by atoms with E-state index in [1.54, 1.807) is 0 Å². The van der Waals surface area contributed by atoms with Crippen molar-refractivity contribution in [1.82, 2.24) is 19.1 Å². The van der Waals surface area contributed by atoms with Crippen LogP contribution in [0.3, 0.4) is 0 Å². The largest absolute Gasteiger partial charge is 0.310 e. The molecule has 10 aromatic rings. The number of rotatable bonds is 3. The second kappa shape index (κ2) is 10.4. The molecule has 0 amide bonds. The molecule has 0 bridgehead atoms. The highest BCUT2D eigenvalue weighted by Gasteiger charge is 2.25. The third kappa shape index (κ3) is 3.76. The molecule has 4 aromatic heterocycles. The van der Waals surface area contributed by atoms with Crippen LogP contribution in [0.1, 0.15) is 12.8 Å². The topological polar surface area (TPSA) is 35.6 Å². The molecule has 0 fully saturated rings. The summed E-state index contributed by atoms with van der Waals surface area (Å²) in [5.41, 5.74) is 14.0. The van der Waals surface area contributed by atoms with E-state index in [1.807, 2.05) is 12.3 Å². The van der Waals surface area contributed by atoms with Crippen LogP contribution in [0.5, 0.6) is 0 Å². The Morgan fingerprint density at radius 3 is 2.15 bits per heavy atom. The van der Waals surface area contributed by atoms with Crippen LogP contribution in [-0.4, -0.2) is 19.1 Å². The zero-order chi connectivity index (χ0) is 33.9. The molecule has 0 aliphatic heterocycles. The summed E-state index contributed by atoms with van der Waals surface area (Å²) in [6.45, 7) is 0. The first-order valence-electron chi connectivity index (χ1n) is 18.1. The van der Waals surface area contributed by atoms with Gasteiger partial charge in [0.05, 0.1) is 33.3 Å². The molecule has 0 radical (unpaired) electrons. The Morgan fingerprint density at radius 2 is 1.27 bits per heavy atom. The van der Waals surface area contributed by atoms with Gasteiger partial charge in [0.25, 0.3) is 0 Å². The molecule has 4 heteroatoms. The van der Waals surface area contributed by atoms with E-state index < -0.39 is 0 Å². The van der Waals surface area contributed by atoms with Crippen molar-refractivity contribution in [2.45, 2.75) is 12.8 Å². The molecule has 0 unspecified atom stereocenters. The van der Waals surface area contributed by atoms with Gasteiger partial charge in [-0.2, -0.15) is 0 Å². The predicted octanol–water partition coefficient (Wildman–Crippen LogP) is 12.5. The first-order chi connectivity index (χ1) is 25.8. The van der Waals surface area contributed by atoms with Gasteiger partial charge in [-0.1, -0.05) is 91.0 Å². The van der Waals surface area contributed by atoms with Crippen LogP contribution in [0, 0.1) is 0 Å². The summed E-state index contributed by atoms with van der Waals surface area (Å²) in [5, 5.41) is 8.74. The smallest absolute Gasteiger partial charge is 0.138 e. The fraction of sp³-hybridized carbons (Fsp3) is 0.0417. The summed E-state index contributed by atoms with van der Waals surface area (Å²) in [6.07, 6.45) is 11.0. The van der Waals surface area contributed by atoms with Crippen molar-refractivity contribution in [3.63, 3.8) is 0 Å². The number of fused-ring (bicyclic) bond motifs is 11. The zero-order valence-corrected chi connectivity index (χ0v) is 28.2. The maximum absolute atomic E-state index is 5.30. The number of hydrogen-bond acceptors (Lipinski definition) is 2. The molecular weight excluding hydrogens is 633 g/mol. The van der Waals surface area contributed by atoms with E-state index in [1.165, 1.54) is 76.7 Å². The Hall–Kier alpha value is -6.78. The normalized spacial score (nSPS) is 13.7. The average molecular weight is 663 g/mol. The molecule has 4 heterocycles. The van der Waals surface area contributed by atoms with Gasteiger partial charge in [-0.15, -0.1) is 0 Å². The molecule has 0 atom stereocenters. The lowest BCUT2D eigenvalue weighted by atomic mass is 9.99. The van der Waals surface area contributed by atoms with Crippen LogP contribution < -0.4 is 0 Å². The van der Waals surface area contributed by atoms with Gasteiger partial charge in [-0.3, -0.25) is 9.55 Å². The maximum Gasteiger partial charge on any atom is 0.138 e. The lowest BCUT2D eigenvalue weighted by Crippen LogP contribution is -1.98. The minimum atomic E-state index is 0.907. The van der Waals surface area contributed by atoms with Gasteiger partial charge in [0.15, 0.2) is 0 Å². The van der Waals surface area contributed by atoms with Gasteiger partial charge in [0.2, 0.25) is 0 Å². The average Bonchev–Trinajstić information content (AvgIpc) is 3.84. The SMILES string of the molecule is C1=CC(n2c3ccc(-c4ccc5c(c4)c4ccccc4n5-c4cc5c6c(cccc6n4)-c4cccnc4-5)cc3c3c4ccccc4ccc32)=CCC1. The number of pyridine rings is 2. The minimum Gasteiger partial charge on any atom is -0.310 e. The monoisotopic (exact) mass is 662 g/mol. The van der Waals surface area contributed by atoms with Gasteiger partial charge in [0, 0.05) is 50.0 Å². The fourth-order valence-electron chi connectivity index (χ4n) is 9.05. The molecule has 52 heavy (non-hydrogen) atoms. The van der Waals surface area contributed by atoms with Crippen LogP contribution in [0.15, 0.2) is 158 Å². The van der Waals surface area contributed by atoms with Crippen molar-refractivity contribution in [3.05, 3.63) is 158 Å². The molecule has 12 rings (SSSR count). The molecule has 242 valence electrons. The van der Waals surface area contributed by atoms with E-state index in [2.05, 4.69) is 155 Å². The number of nitrogens with zero attached hydrogens (tertiary/aromatic N) is 4. The molecule has 4 nitrogen and oxygen atoms in total. The summed E-state index contributed by atoms with van der Waals surface area (Å²) in [6, 6.07) is 48.8. The Bertz CT molecular complexity index is 3240. The summed E-state index contributed by atoms with van der Waals surface area (Å²) < 4.78 is 4.78. The highest BCUT2D eigenvalue weighted by Crippen LogP contribution is 2.47. The first kappa shape index (κ1) is 28.0. The Kier molecular flexibility index (Phi) is 5.58. The first-order valence-corrected chi connectivity index (χ1v) is 18.1. The molecule has 0 saturated heterocycles. The van der Waals surface area contributed by atoms with Crippen LogP contribution in [-0.2, 0) is 0 Å². The predicted molar refractivity (Wildman–Crippen MR) is 217 cm³/mol. The third-order valence-corrected chi connectivity index (χ3v) is 11.3. The molecule has 0 saturated carbocycles. The van der Waals surface area contributed by atoms with Gasteiger partial charge in [-0.25, -0.2) is 4.98 Å². The molecular formula is C48H30N4. The van der Waals surface area contributed by atoms with E-state index in [4.69, 9.17) is 9.97 Å². The van der Waals surface area contributed by atoms with E-state index >= 15 is 0 Å². The number of benzene rings is 6. The summed E-state index contributed by atoms with van der Waals surface area (Å²) in [5.74, 6) is 0.907. The number of para-hydroxylation sites is 1. The Labute approximate surface area is 299 Å². The third-order valence-electron chi connectivity index (χ3n) is 11.3. The van der Waals surface area contributed by atoms with Crippen LogP contribution >= 0.6 is 0 Å². The van der Waals surface area contributed by atoms with Crippen molar-refractivity contribution < 1.29 is 0 Å². The van der Waals surface area contributed by atoms with Crippen molar-refractivity contribution in [2.75, 3.05) is 0 Å². The Morgan fingerprint density at radius 1 is 0.500 bits per heavy atom. The highest BCUT2D eigenvalue weighted by atomic mass is 15.1. The van der Waals surface area contributed by atoms with Gasteiger partial charge in [-0.05, 0) is 101 Å². The molecule has 6 aromatic carbocycles. The van der Waals surface area contributed by atoms with Crippen LogP contribution in [0.2, 0.25) is 0 Å². The van der Waals surface area contributed by atoms with Crippen molar-refractivity contribution in [3.8, 4) is 39.3 Å². The van der Waals surface area contributed by atoms with E-state index in [0.29, 0.717) is 0 Å². The lowest BCUT2D eigenvalue weighted by molar-refractivity contribution is 1.02. The number of allylic oxidation sites excluding steroid dienone is 4. The van der Waals surface area contributed by atoms with Crippen molar-refractivity contribution in [2.24, 2.45) is 0 Å². The standard InChI is InChI=1S/C48H30N4/c1-2-11-32(12-3-1)51-43-23-21-31(27-38(43)47-33-13-5-4-10-29(33)19-24-44(47)51)30-20-22-42-37(26-30)34-14-6-7-18-41(34)52(42)45-28-39-46-35(15-8-17-40(46)50-45)36-16-9-25-49-48(36)39/h2,4-28H,1,3H2. The van der Waals surface area contributed by atoms with Crippen molar-refractivity contribution in [1.29, 1.82) is 0 Å². The van der Waals surface area contributed by atoms with E-state index in [0.717, 1.165) is 46.5 Å². The maximum atomic E-state index is 5.30. The van der Waals surface area contributed by atoms with Gasteiger partial charge >= 0.3 is 0 Å². The molecule has 2 aliphatic rings. The van der Waals surface area contributed by atoms with Gasteiger partial charge in [0.1, 0.15) is 5.82 Å². The van der Waals surface area contributed by atoms with E-state index in [-0.39, 0.29) is 0 Å². The van der Waals surface area contributed by atoms with Crippen LogP contribution in [0.25, 0.3) is 110 Å². The van der Waals surface area contributed by atoms with Crippen LogP contribution in [0.4, 0.5) is 0 Å². The summed E-state index contributed by atoms with van der Waals surface area (Å²) in [7, 11) is 0. The van der Waals surface area contributed by atoms with Crippen molar-refractivity contribution >= 4 is 71.0 Å². The number of aromatic nitrogens is 4. The Balaban J connectivity index is 1.08. The molecule has 2 aliphatic carbocycles. The minimum absolute atomic E-state index is 0.907. The zero-order valence-electron chi connectivity index (χ0n) is 28.2. The quantitative estimate of drug-likeness (QED) is 0.189. The lowest BCUT2D eigenvalue weighted by Gasteiger charge is -2.12. The summed E-state index contributed by atoms with van der Waals surface area (Å²) >= 11 is 0.